The molecule has 0 bridgehead atoms. The Balaban J connectivity index is 3.10. The smallest absolute Gasteiger partial charge is 0.336 e. The number of hydrogen-bond acceptors (Lipinski definition) is 4. The third-order valence-electron chi connectivity index (χ3n) is 2.14. The molecule has 0 radical (unpaired) electrons. The summed E-state index contributed by atoms with van der Waals surface area (Å²) in [5.74, 6) is -0.702. The standard InChI is InChI=1S/C11H12ClNO3/c1-6(11(15)16-2)10(14)9-7(12)4-3-5-8(9)13/h3-5,10,14H,1,13H2,2H3. The van der Waals surface area contributed by atoms with Crippen molar-refractivity contribution >= 4 is 23.3 Å². The summed E-state index contributed by atoms with van der Waals surface area (Å²) in [7, 11) is 1.20. The van der Waals surface area contributed by atoms with Gasteiger partial charge in [-0.3, -0.25) is 0 Å². The van der Waals surface area contributed by atoms with Crippen LogP contribution in [0.25, 0.3) is 0 Å². The van der Waals surface area contributed by atoms with Crippen LogP contribution in [0.3, 0.4) is 0 Å². The van der Waals surface area contributed by atoms with Gasteiger partial charge in [0.2, 0.25) is 0 Å². The molecule has 4 nitrogen and oxygen atoms in total. The van der Waals surface area contributed by atoms with Gasteiger partial charge in [-0.15, -0.1) is 0 Å². The number of aliphatic hydroxyl groups is 1. The molecule has 0 spiro atoms. The number of carbonyl (C=O) groups excluding carboxylic acids is 1. The van der Waals surface area contributed by atoms with Gasteiger partial charge in [-0.25, -0.2) is 4.79 Å². The van der Waals surface area contributed by atoms with Crippen LogP contribution in [0.15, 0.2) is 30.4 Å². The molecular formula is C11H12ClNO3. The number of rotatable bonds is 3. The maximum absolute atomic E-state index is 11.2. The fourth-order valence-corrected chi connectivity index (χ4v) is 1.54. The molecule has 0 aliphatic carbocycles. The lowest BCUT2D eigenvalue weighted by molar-refractivity contribution is -0.137. The maximum Gasteiger partial charge on any atom is 0.336 e. The fourth-order valence-electron chi connectivity index (χ4n) is 1.26. The van der Waals surface area contributed by atoms with Crippen LogP contribution in [0, 0.1) is 0 Å². The van der Waals surface area contributed by atoms with Gasteiger partial charge in [0.05, 0.1) is 12.7 Å². The minimum absolute atomic E-state index is 0.109. The van der Waals surface area contributed by atoms with Crippen LogP contribution in [-0.4, -0.2) is 18.2 Å². The third-order valence-corrected chi connectivity index (χ3v) is 2.47. The Labute approximate surface area is 98.3 Å². The molecule has 1 aromatic carbocycles. The number of hydrogen-bond donors (Lipinski definition) is 2. The van der Waals surface area contributed by atoms with Crippen molar-refractivity contribution in [3.05, 3.63) is 40.9 Å². The summed E-state index contributed by atoms with van der Waals surface area (Å²) in [5, 5.41) is 10.2. The van der Waals surface area contributed by atoms with Crippen molar-refractivity contribution in [2.24, 2.45) is 0 Å². The molecule has 1 aromatic rings. The van der Waals surface area contributed by atoms with E-state index in [1.54, 1.807) is 18.2 Å². The Morgan fingerprint density at radius 1 is 1.62 bits per heavy atom. The molecule has 16 heavy (non-hydrogen) atoms. The van der Waals surface area contributed by atoms with Gasteiger partial charge in [-0.05, 0) is 12.1 Å². The van der Waals surface area contributed by atoms with Gasteiger partial charge in [0, 0.05) is 16.3 Å². The van der Waals surface area contributed by atoms with E-state index in [1.807, 2.05) is 0 Å². The van der Waals surface area contributed by atoms with E-state index >= 15 is 0 Å². The summed E-state index contributed by atoms with van der Waals surface area (Å²) in [4.78, 5) is 11.2. The summed E-state index contributed by atoms with van der Waals surface area (Å²) < 4.78 is 4.45. The number of benzene rings is 1. The molecule has 86 valence electrons. The average molecular weight is 242 g/mol. The topological polar surface area (TPSA) is 72.5 Å². The van der Waals surface area contributed by atoms with E-state index in [0.29, 0.717) is 5.69 Å². The Morgan fingerprint density at radius 3 is 2.75 bits per heavy atom. The van der Waals surface area contributed by atoms with Crippen molar-refractivity contribution in [2.45, 2.75) is 6.10 Å². The Hall–Kier alpha value is -1.52. The predicted molar refractivity (Wildman–Crippen MR) is 62.0 cm³/mol. The second kappa shape index (κ2) is 5.01. The summed E-state index contributed by atoms with van der Waals surface area (Å²) in [6.45, 7) is 3.45. The van der Waals surface area contributed by atoms with E-state index in [0.717, 1.165) is 0 Å². The van der Waals surface area contributed by atoms with Gasteiger partial charge >= 0.3 is 5.97 Å². The average Bonchev–Trinajstić information content (AvgIpc) is 2.26. The van der Waals surface area contributed by atoms with Crippen molar-refractivity contribution in [3.63, 3.8) is 0 Å². The summed E-state index contributed by atoms with van der Waals surface area (Å²) >= 11 is 5.88. The minimum atomic E-state index is -1.26. The van der Waals surface area contributed by atoms with Gasteiger partial charge in [0.1, 0.15) is 6.10 Å². The number of carbonyl (C=O) groups is 1. The number of methoxy groups -OCH3 is 1. The normalized spacial score (nSPS) is 11.9. The lowest BCUT2D eigenvalue weighted by atomic mass is 10.0. The zero-order chi connectivity index (χ0) is 12.3. The summed E-state index contributed by atoms with van der Waals surface area (Å²) in [5.41, 5.74) is 6.11. The highest BCUT2D eigenvalue weighted by Crippen LogP contribution is 2.32. The summed E-state index contributed by atoms with van der Waals surface area (Å²) in [6, 6.07) is 4.80. The first-order valence-corrected chi connectivity index (χ1v) is 4.86. The number of ether oxygens (including phenoxy) is 1. The largest absolute Gasteiger partial charge is 0.466 e. The quantitative estimate of drug-likeness (QED) is 0.480. The predicted octanol–water partition coefficient (Wildman–Crippen LogP) is 1.68. The van der Waals surface area contributed by atoms with Gasteiger partial charge in [0.15, 0.2) is 0 Å². The third kappa shape index (κ3) is 2.35. The first-order valence-electron chi connectivity index (χ1n) is 4.48. The highest BCUT2D eigenvalue weighted by Gasteiger charge is 2.22. The molecule has 0 fully saturated rings. The zero-order valence-corrected chi connectivity index (χ0v) is 9.49. The van der Waals surface area contributed by atoms with Gasteiger partial charge < -0.3 is 15.6 Å². The van der Waals surface area contributed by atoms with E-state index in [9.17, 15) is 9.90 Å². The molecule has 0 amide bonds. The molecule has 0 aliphatic heterocycles. The summed E-state index contributed by atoms with van der Waals surface area (Å²) in [6.07, 6.45) is -1.26. The van der Waals surface area contributed by atoms with Crippen molar-refractivity contribution in [2.75, 3.05) is 12.8 Å². The molecule has 0 aromatic heterocycles. The Bertz CT molecular complexity index is 411. The Kier molecular flexibility index (Phi) is 3.93. The van der Waals surface area contributed by atoms with E-state index in [2.05, 4.69) is 11.3 Å². The number of anilines is 1. The van der Waals surface area contributed by atoms with E-state index in [4.69, 9.17) is 17.3 Å². The van der Waals surface area contributed by atoms with Crippen LogP contribution in [-0.2, 0) is 9.53 Å². The number of aliphatic hydroxyl groups excluding tert-OH is 1. The first kappa shape index (κ1) is 12.5. The second-order valence-corrected chi connectivity index (χ2v) is 3.57. The number of halogens is 1. The lowest BCUT2D eigenvalue weighted by Crippen LogP contribution is -2.13. The molecule has 0 saturated carbocycles. The highest BCUT2D eigenvalue weighted by atomic mass is 35.5. The van der Waals surface area contributed by atoms with Crippen molar-refractivity contribution < 1.29 is 14.6 Å². The molecule has 5 heteroatoms. The SMILES string of the molecule is C=C(C(=O)OC)C(O)c1c(N)cccc1Cl. The van der Waals surface area contributed by atoms with E-state index < -0.39 is 12.1 Å². The highest BCUT2D eigenvalue weighted by molar-refractivity contribution is 6.31. The van der Waals surface area contributed by atoms with Crippen molar-refractivity contribution in [3.8, 4) is 0 Å². The van der Waals surface area contributed by atoms with Gasteiger partial charge in [-0.2, -0.15) is 0 Å². The van der Waals surface area contributed by atoms with Crippen molar-refractivity contribution in [1.82, 2.24) is 0 Å². The monoisotopic (exact) mass is 241 g/mol. The lowest BCUT2D eigenvalue weighted by Gasteiger charge is -2.15. The first-order chi connectivity index (χ1) is 7.49. The van der Waals surface area contributed by atoms with Crippen LogP contribution in [0.5, 0.6) is 0 Å². The molecule has 1 unspecified atom stereocenters. The molecule has 3 N–H and O–H groups in total. The molecule has 1 atom stereocenters. The van der Waals surface area contributed by atoms with E-state index in [1.165, 1.54) is 7.11 Å². The molecule has 1 rings (SSSR count). The molecular weight excluding hydrogens is 230 g/mol. The number of nitrogen functional groups attached to an aromatic ring is 1. The van der Waals surface area contributed by atoms with Crippen LogP contribution in [0.1, 0.15) is 11.7 Å². The fraction of sp³-hybridized carbons (Fsp3) is 0.182. The van der Waals surface area contributed by atoms with Crippen LogP contribution < -0.4 is 5.73 Å². The zero-order valence-electron chi connectivity index (χ0n) is 8.74. The minimum Gasteiger partial charge on any atom is -0.466 e. The van der Waals surface area contributed by atoms with Crippen LogP contribution in [0.2, 0.25) is 5.02 Å². The molecule has 0 saturated heterocycles. The number of esters is 1. The second-order valence-electron chi connectivity index (χ2n) is 3.16. The van der Waals surface area contributed by atoms with Crippen molar-refractivity contribution in [1.29, 1.82) is 0 Å². The van der Waals surface area contributed by atoms with E-state index in [-0.39, 0.29) is 16.2 Å². The van der Waals surface area contributed by atoms with Crippen LogP contribution >= 0.6 is 11.6 Å². The van der Waals surface area contributed by atoms with Gasteiger partial charge in [-0.1, -0.05) is 24.2 Å². The molecule has 0 aliphatic rings. The maximum atomic E-state index is 11.2. The Morgan fingerprint density at radius 2 is 2.25 bits per heavy atom. The number of nitrogens with two attached hydrogens (primary N) is 1. The molecule has 0 heterocycles. The van der Waals surface area contributed by atoms with Gasteiger partial charge in [0.25, 0.3) is 0 Å². The van der Waals surface area contributed by atoms with Crippen LogP contribution in [0.4, 0.5) is 5.69 Å².